The van der Waals surface area contributed by atoms with Gasteiger partial charge in [-0.05, 0) is 77.9 Å². The molecule has 0 aliphatic carbocycles. The molecule has 182 valence electrons. The quantitative estimate of drug-likeness (QED) is 0.270. The lowest BCUT2D eigenvalue weighted by atomic mass is 9.76. The van der Waals surface area contributed by atoms with Crippen molar-refractivity contribution in [2.24, 2.45) is 0 Å². The van der Waals surface area contributed by atoms with E-state index in [1.54, 1.807) is 13.2 Å². The van der Waals surface area contributed by atoms with Crippen LogP contribution in [0.4, 0.5) is 5.69 Å². The Kier molecular flexibility index (Phi) is 7.51. The molecule has 1 aliphatic rings. The van der Waals surface area contributed by atoms with Crippen LogP contribution in [-0.2, 0) is 27.9 Å². The molecule has 35 heavy (non-hydrogen) atoms. The summed E-state index contributed by atoms with van der Waals surface area (Å²) in [6.07, 6.45) is 6.15. The Morgan fingerprint density at radius 1 is 1.09 bits per heavy atom. The van der Waals surface area contributed by atoms with Crippen LogP contribution in [-0.4, -0.2) is 26.7 Å². The SMILES string of the molecule is CCCc1ccc(N2CCc3cc(OC)ccc3C2(C)c2ccc(C=CC(=O)OC)cc2)cc1Cl. The number of halogens is 1. The predicted molar refractivity (Wildman–Crippen MR) is 143 cm³/mol. The molecule has 4 rings (SSSR count). The van der Waals surface area contributed by atoms with Gasteiger partial charge >= 0.3 is 5.97 Å². The van der Waals surface area contributed by atoms with Gasteiger partial charge < -0.3 is 14.4 Å². The summed E-state index contributed by atoms with van der Waals surface area (Å²) in [5, 5.41) is 0.815. The van der Waals surface area contributed by atoms with E-state index < -0.39 is 5.54 Å². The zero-order valence-electron chi connectivity index (χ0n) is 20.8. The smallest absolute Gasteiger partial charge is 0.330 e. The molecule has 0 radical (unpaired) electrons. The maximum atomic E-state index is 11.5. The highest BCUT2D eigenvalue weighted by molar-refractivity contribution is 6.31. The van der Waals surface area contributed by atoms with Crippen molar-refractivity contribution in [3.05, 3.63) is 99.6 Å². The minimum absolute atomic E-state index is 0.370. The number of esters is 1. The molecular weight excluding hydrogens is 458 g/mol. The van der Waals surface area contributed by atoms with E-state index in [2.05, 4.69) is 61.2 Å². The minimum Gasteiger partial charge on any atom is -0.497 e. The van der Waals surface area contributed by atoms with Crippen molar-refractivity contribution in [3.63, 3.8) is 0 Å². The van der Waals surface area contributed by atoms with Crippen molar-refractivity contribution >= 4 is 29.3 Å². The molecule has 0 N–H and O–H groups in total. The molecule has 1 atom stereocenters. The molecule has 0 bridgehead atoms. The van der Waals surface area contributed by atoms with Crippen molar-refractivity contribution in [3.8, 4) is 5.75 Å². The Labute approximate surface area is 213 Å². The molecule has 4 nitrogen and oxygen atoms in total. The lowest BCUT2D eigenvalue weighted by Crippen LogP contribution is -2.49. The number of aryl methyl sites for hydroxylation is 1. The second kappa shape index (κ2) is 10.6. The van der Waals surface area contributed by atoms with Crippen LogP contribution in [0, 0.1) is 0 Å². The van der Waals surface area contributed by atoms with E-state index in [0.29, 0.717) is 0 Å². The zero-order valence-corrected chi connectivity index (χ0v) is 21.6. The number of benzene rings is 3. The van der Waals surface area contributed by atoms with Crippen molar-refractivity contribution in [2.75, 3.05) is 25.7 Å². The van der Waals surface area contributed by atoms with Gasteiger partial charge in [0, 0.05) is 23.3 Å². The molecule has 0 amide bonds. The topological polar surface area (TPSA) is 38.8 Å². The average Bonchev–Trinajstić information content (AvgIpc) is 2.88. The Hall–Kier alpha value is -3.24. The van der Waals surface area contributed by atoms with Gasteiger partial charge in [0.1, 0.15) is 5.75 Å². The fraction of sp³-hybridized carbons (Fsp3) is 0.300. The van der Waals surface area contributed by atoms with Gasteiger partial charge in [0.15, 0.2) is 0 Å². The second-order valence-electron chi connectivity index (χ2n) is 9.00. The van der Waals surface area contributed by atoms with E-state index in [9.17, 15) is 4.79 Å². The number of nitrogens with zero attached hydrogens (tertiary/aromatic N) is 1. The number of fused-ring (bicyclic) bond motifs is 1. The molecule has 1 heterocycles. The summed E-state index contributed by atoms with van der Waals surface area (Å²) < 4.78 is 10.2. The molecule has 0 aromatic heterocycles. The third-order valence-electron chi connectivity index (χ3n) is 6.93. The predicted octanol–water partition coefficient (Wildman–Crippen LogP) is 6.81. The van der Waals surface area contributed by atoms with Gasteiger partial charge in [-0.2, -0.15) is 0 Å². The highest BCUT2D eigenvalue weighted by Gasteiger charge is 2.40. The third kappa shape index (κ3) is 4.94. The lowest BCUT2D eigenvalue weighted by Gasteiger charge is -2.48. The molecule has 1 unspecified atom stereocenters. The molecule has 0 spiro atoms. The highest BCUT2D eigenvalue weighted by Crippen LogP contribution is 2.45. The van der Waals surface area contributed by atoms with Crippen molar-refractivity contribution < 1.29 is 14.3 Å². The van der Waals surface area contributed by atoms with Crippen molar-refractivity contribution in [1.82, 2.24) is 0 Å². The number of ether oxygens (including phenoxy) is 2. The van der Waals surface area contributed by atoms with Crippen LogP contribution in [0.5, 0.6) is 5.75 Å². The summed E-state index contributed by atoms with van der Waals surface area (Å²) >= 11 is 6.71. The van der Waals surface area contributed by atoms with Crippen LogP contribution in [0.3, 0.4) is 0 Å². The van der Waals surface area contributed by atoms with Gasteiger partial charge in [0.2, 0.25) is 0 Å². The first-order valence-electron chi connectivity index (χ1n) is 12.0. The summed E-state index contributed by atoms with van der Waals surface area (Å²) in [5.74, 6) is 0.501. The molecule has 5 heteroatoms. The fourth-order valence-electron chi connectivity index (χ4n) is 5.01. The Balaban J connectivity index is 1.80. The van der Waals surface area contributed by atoms with Crippen LogP contribution in [0.25, 0.3) is 6.08 Å². The maximum Gasteiger partial charge on any atom is 0.330 e. The van der Waals surface area contributed by atoms with Crippen LogP contribution in [0.15, 0.2) is 66.7 Å². The Morgan fingerprint density at radius 3 is 2.51 bits per heavy atom. The molecule has 3 aromatic carbocycles. The second-order valence-corrected chi connectivity index (χ2v) is 9.41. The van der Waals surface area contributed by atoms with Crippen LogP contribution in [0.2, 0.25) is 5.02 Å². The van der Waals surface area contributed by atoms with E-state index in [4.69, 9.17) is 21.1 Å². The van der Waals surface area contributed by atoms with E-state index >= 15 is 0 Å². The zero-order chi connectivity index (χ0) is 25.0. The summed E-state index contributed by atoms with van der Waals surface area (Å²) in [6.45, 7) is 5.29. The highest BCUT2D eigenvalue weighted by atomic mass is 35.5. The fourth-order valence-corrected chi connectivity index (χ4v) is 5.28. The molecule has 1 aliphatic heterocycles. The minimum atomic E-state index is -0.417. The van der Waals surface area contributed by atoms with E-state index in [1.807, 2.05) is 18.2 Å². The summed E-state index contributed by atoms with van der Waals surface area (Å²) in [5.41, 5.74) is 6.50. The third-order valence-corrected chi connectivity index (χ3v) is 7.29. The summed E-state index contributed by atoms with van der Waals surface area (Å²) in [4.78, 5) is 13.9. The van der Waals surface area contributed by atoms with E-state index in [0.717, 1.165) is 53.4 Å². The monoisotopic (exact) mass is 489 g/mol. The number of carbonyl (C=O) groups excluding carboxylic acids is 1. The van der Waals surface area contributed by atoms with Crippen LogP contribution in [0.1, 0.15) is 48.1 Å². The molecule has 3 aromatic rings. The van der Waals surface area contributed by atoms with Crippen LogP contribution < -0.4 is 9.64 Å². The largest absolute Gasteiger partial charge is 0.497 e. The Morgan fingerprint density at radius 2 is 1.86 bits per heavy atom. The lowest BCUT2D eigenvalue weighted by molar-refractivity contribution is -0.134. The van der Waals surface area contributed by atoms with Gasteiger partial charge in [-0.1, -0.05) is 61.3 Å². The molecule has 0 fully saturated rings. The van der Waals surface area contributed by atoms with Gasteiger partial charge in [0.25, 0.3) is 0 Å². The number of hydrogen-bond donors (Lipinski definition) is 0. The summed E-state index contributed by atoms with van der Waals surface area (Å²) in [7, 11) is 3.08. The number of carbonyl (C=O) groups is 1. The standard InChI is InChI=1S/C30H32ClNO3/c1-5-6-22-10-13-25(20-28(22)31)32-18-17-23-19-26(34-3)14-15-27(23)30(32,2)24-11-7-21(8-12-24)9-16-29(33)35-4/h7-16,19-20H,5-6,17-18H2,1-4H3. The Bertz CT molecular complexity index is 1230. The number of anilines is 1. The number of rotatable bonds is 7. The van der Waals surface area contributed by atoms with Gasteiger partial charge in [0.05, 0.1) is 19.8 Å². The molecular formula is C30H32ClNO3. The van der Waals surface area contributed by atoms with Crippen LogP contribution >= 0.6 is 11.6 Å². The first kappa shape index (κ1) is 24.9. The van der Waals surface area contributed by atoms with Gasteiger partial charge in [-0.25, -0.2) is 4.79 Å². The normalized spacial score (nSPS) is 17.3. The number of methoxy groups -OCH3 is 2. The first-order valence-corrected chi connectivity index (χ1v) is 12.4. The van der Waals surface area contributed by atoms with Crippen molar-refractivity contribution in [2.45, 2.75) is 38.6 Å². The van der Waals surface area contributed by atoms with Crippen molar-refractivity contribution in [1.29, 1.82) is 0 Å². The van der Waals surface area contributed by atoms with Gasteiger partial charge in [-0.3, -0.25) is 0 Å². The molecule has 0 saturated heterocycles. The first-order chi connectivity index (χ1) is 16.9. The van der Waals surface area contributed by atoms with Gasteiger partial charge in [-0.15, -0.1) is 0 Å². The summed E-state index contributed by atoms with van der Waals surface area (Å²) in [6, 6.07) is 21.2. The van der Waals surface area contributed by atoms with E-state index in [-0.39, 0.29) is 5.97 Å². The average molecular weight is 490 g/mol. The maximum absolute atomic E-state index is 11.5. The number of hydrogen-bond acceptors (Lipinski definition) is 4. The molecule has 0 saturated carbocycles. The van der Waals surface area contributed by atoms with E-state index in [1.165, 1.54) is 29.9 Å².